The molecule has 11 nitrogen and oxygen atoms in total. The van der Waals surface area contributed by atoms with Crippen LogP contribution in [0.3, 0.4) is 0 Å². The van der Waals surface area contributed by atoms with Gasteiger partial charge in [-0.15, -0.1) is 0 Å². The first-order valence-corrected chi connectivity index (χ1v) is 10.9. The van der Waals surface area contributed by atoms with Crippen molar-refractivity contribution in [2.75, 3.05) is 12.4 Å². The molecule has 166 valence electrons. The molecule has 4 rings (SSSR count). The number of carbonyl (C=O) groups excluding carboxylic acids is 3. The van der Waals surface area contributed by atoms with Crippen LogP contribution >= 0.6 is 0 Å². The van der Waals surface area contributed by atoms with Gasteiger partial charge in [0.15, 0.2) is 6.04 Å². The SMILES string of the molecule is O=C(Cc1ccccc1)NC1C(=O)N2C(C(=O)O)=C(COC(=O)n3ccnc3)C[S+]([O-])[C@H]12. The molecule has 1 saturated heterocycles. The number of rotatable bonds is 6. The summed E-state index contributed by atoms with van der Waals surface area (Å²) in [5.41, 5.74) is 0.404. The number of carbonyl (C=O) groups is 4. The summed E-state index contributed by atoms with van der Waals surface area (Å²) in [6.45, 7) is -0.452. The summed E-state index contributed by atoms with van der Waals surface area (Å²) in [4.78, 5) is 53.5. The van der Waals surface area contributed by atoms with Crippen molar-refractivity contribution in [1.29, 1.82) is 0 Å². The Labute approximate surface area is 184 Å². The number of hydrogen-bond acceptors (Lipinski definition) is 7. The predicted molar refractivity (Wildman–Crippen MR) is 109 cm³/mol. The van der Waals surface area contributed by atoms with E-state index in [9.17, 15) is 28.8 Å². The van der Waals surface area contributed by atoms with E-state index in [0.29, 0.717) is 0 Å². The minimum Gasteiger partial charge on any atom is -0.614 e. The molecular formula is C20H18N4O7S. The molecule has 2 N–H and O–H groups in total. The molecule has 1 aromatic heterocycles. The van der Waals surface area contributed by atoms with E-state index >= 15 is 0 Å². The molecular weight excluding hydrogens is 440 g/mol. The fourth-order valence-corrected chi connectivity index (χ4v) is 5.23. The van der Waals surface area contributed by atoms with Gasteiger partial charge in [0.1, 0.15) is 24.4 Å². The fourth-order valence-electron chi connectivity index (χ4n) is 3.56. The Bertz CT molecular complexity index is 1090. The third-order valence-corrected chi connectivity index (χ3v) is 6.67. The number of carboxylic acid groups (broad SMARTS) is 1. The number of aliphatic carboxylic acids is 1. The highest BCUT2D eigenvalue weighted by Crippen LogP contribution is 2.36. The van der Waals surface area contributed by atoms with Crippen LogP contribution in [0, 0.1) is 0 Å². The van der Waals surface area contributed by atoms with E-state index < -0.39 is 53.1 Å². The second kappa shape index (κ2) is 8.85. The lowest BCUT2D eigenvalue weighted by Gasteiger charge is -2.48. The van der Waals surface area contributed by atoms with Crippen molar-refractivity contribution in [3.05, 3.63) is 65.9 Å². The van der Waals surface area contributed by atoms with Crippen LogP contribution in [0.5, 0.6) is 0 Å². The number of amides is 2. The molecule has 3 atom stereocenters. The average molecular weight is 458 g/mol. The van der Waals surface area contributed by atoms with E-state index in [0.717, 1.165) is 15.0 Å². The summed E-state index contributed by atoms with van der Waals surface area (Å²) in [6, 6.07) is 7.80. The number of imidazole rings is 1. The van der Waals surface area contributed by atoms with E-state index in [-0.39, 0.29) is 23.4 Å². The molecule has 0 saturated carbocycles. The summed E-state index contributed by atoms with van der Waals surface area (Å²) >= 11 is -1.70. The van der Waals surface area contributed by atoms with Crippen LogP contribution < -0.4 is 5.32 Å². The molecule has 0 spiro atoms. The molecule has 2 unspecified atom stereocenters. The fraction of sp³-hybridized carbons (Fsp3) is 0.250. The molecule has 2 aliphatic heterocycles. The Hall–Kier alpha value is -3.64. The first-order valence-electron chi connectivity index (χ1n) is 9.50. The van der Waals surface area contributed by atoms with Gasteiger partial charge in [0.25, 0.3) is 5.91 Å². The molecule has 0 radical (unpaired) electrons. The molecule has 2 aliphatic rings. The Morgan fingerprint density at radius 3 is 2.69 bits per heavy atom. The minimum absolute atomic E-state index is 0.0288. The topological polar surface area (TPSA) is 154 Å². The van der Waals surface area contributed by atoms with Crippen molar-refractivity contribution in [2.24, 2.45) is 0 Å². The van der Waals surface area contributed by atoms with Gasteiger partial charge in [0.05, 0.1) is 6.42 Å². The van der Waals surface area contributed by atoms with Crippen LogP contribution in [0.4, 0.5) is 4.79 Å². The van der Waals surface area contributed by atoms with Gasteiger partial charge in [0.2, 0.25) is 11.3 Å². The zero-order chi connectivity index (χ0) is 22.8. The quantitative estimate of drug-likeness (QED) is 0.448. The molecule has 1 fully saturated rings. The Morgan fingerprint density at radius 2 is 2.03 bits per heavy atom. The maximum Gasteiger partial charge on any atom is 0.419 e. The van der Waals surface area contributed by atoms with Crippen LogP contribution in [-0.2, 0) is 36.7 Å². The average Bonchev–Trinajstić information content (AvgIpc) is 3.31. The van der Waals surface area contributed by atoms with Crippen LogP contribution in [0.1, 0.15) is 5.56 Å². The van der Waals surface area contributed by atoms with Crippen LogP contribution in [-0.4, -0.2) is 71.8 Å². The monoisotopic (exact) mass is 458 g/mol. The van der Waals surface area contributed by atoms with E-state index in [1.165, 1.54) is 18.7 Å². The standard InChI is InChI=1S/C20H18N4O7S/c25-14(8-12-4-2-1-3-5-12)22-15-17(26)24-16(19(27)28)13(10-32(30)18(15)24)9-31-20(29)23-7-6-21-11-23/h1-7,11,15,18H,8-10H2,(H,22,25)(H,27,28)/t15?,18-,32?/m1/s1. The minimum atomic E-state index is -1.70. The Kier molecular flexibility index (Phi) is 5.97. The van der Waals surface area contributed by atoms with Crippen LogP contribution in [0.2, 0.25) is 0 Å². The maximum absolute atomic E-state index is 12.8. The highest BCUT2D eigenvalue weighted by molar-refractivity contribution is 7.92. The molecule has 2 amide bonds. The third-order valence-electron chi connectivity index (χ3n) is 5.02. The first-order chi connectivity index (χ1) is 15.4. The lowest BCUT2D eigenvalue weighted by Crippen LogP contribution is -2.75. The zero-order valence-electron chi connectivity index (χ0n) is 16.5. The van der Waals surface area contributed by atoms with E-state index in [1.807, 2.05) is 6.07 Å². The molecule has 3 heterocycles. The molecule has 32 heavy (non-hydrogen) atoms. The van der Waals surface area contributed by atoms with Gasteiger partial charge < -0.3 is 19.7 Å². The van der Waals surface area contributed by atoms with Crippen molar-refractivity contribution >= 4 is 35.1 Å². The number of ether oxygens (including phenoxy) is 1. The molecule has 0 bridgehead atoms. The van der Waals surface area contributed by atoms with E-state index in [1.54, 1.807) is 24.3 Å². The van der Waals surface area contributed by atoms with Gasteiger partial charge in [-0.2, -0.15) is 0 Å². The maximum atomic E-state index is 12.8. The van der Waals surface area contributed by atoms with Gasteiger partial charge in [-0.3, -0.25) is 14.5 Å². The second-order valence-corrected chi connectivity index (χ2v) is 8.65. The normalized spacial score (nSPS) is 22.1. The van der Waals surface area contributed by atoms with Crippen molar-refractivity contribution < 1.29 is 33.6 Å². The summed E-state index contributed by atoms with van der Waals surface area (Å²) in [5.74, 6) is -2.74. The molecule has 0 aliphatic carbocycles. The molecule has 2 aromatic rings. The number of benzene rings is 1. The van der Waals surface area contributed by atoms with Gasteiger partial charge >= 0.3 is 12.1 Å². The van der Waals surface area contributed by atoms with Gasteiger partial charge in [-0.25, -0.2) is 19.1 Å². The Balaban J connectivity index is 1.47. The molecule has 12 heteroatoms. The van der Waals surface area contributed by atoms with Gasteiger partial charge in [0, 0.05) is 18.0 Å². The van der Waals surface area contributed by atoms with Crippen LogP contribution in [0.25, 0.3) is 0 Å². The van der Waals surface area contributed by atoms with E-state index in [4.69, 9.17) is 4.74 Å². The predicted octanol–water partition coefficient (Wildman–Crippen LogP) is -0.135. The summed E-state index contributed by atoms with van der Waals surface area (Å²) in [5, 5.41) is 11.2. The number of nitrogens with one attached hydrogen (secondary N) is 1. The van der Waals surface area contributed by atoms with Crippen LogP contribution in [0.15, 0.2) is 60.3 Å². The van der Waals surface area contributed by atoms with Crippen molar-refractivity contribution in [3.8, 4) is 0 Å². The number of hydrogen-bond donors (Lipinski definition) is 2. The lowest BCUT2D eigenvalue weighted by atomic mass is 10.0. The summed E-state index contributed by atoms with van der Waals surface area (Å²) in [7, 11) is 0. The molecule has 1 aromatic carbocycles. The van der Waals surface area contributed by atoms with Crippen molar-refractivity contribution in [1.82, 2.24) is 19.8 Å². The van der Waals surface area contributed by atoms with Gasteiger partial charge in [-0.05, 0) is 16.7 Å². The number of nitrogens with zero attached hydrogens (tertiary/aromatic N) is 3. The summed E-state index contributed by atoms with van der Waals surface area (Å²) < 4.78 is 18.9. The lowest BCUT2D eigenvalue weighted by molar-refractivity contribution is -0.151. The number of aromatic nitrogens is 2. The number of fused-ring (bicyclic) bond motifs is 1. The van der Waals surface area contributed by atoms with Crippen molar-refractivity contribution in [2.45, 2.75) is 17.8 Å². The number of carboxylic acids is 1. The number of β-lactam (4-membered cyclic amide) rings is 1. The zero-order valence-corrected chi connectivity index (χ0v) is 17.4. The highest BCUT2D eigenvalue weighted by atomic mass is 32.2. The largest absolute Gasteiger partial charge is 0.614 e. The third kappa shape index (κ3) is 4.09. The first kappa shape index (κ1) is 21.6. The summed E-state index contributed by atoms with van der Waals surface area (Å²) in [6.07, 6.45) is 3.17. The van der Waals surface area contributed by atoms with E-state index in [2.05, 4.69) is 10.3 Å². The smallest absolute Gasteiger partial charge is 0.419 e. The van der Waals surface area contributed by atoms with Gasteiger partial charge in [-0.1, -0.05) is 30.3 Å². The second-order valence-electron chi connectivity index (χ2n) is 7.11. The Morgan fingerprint density at radius 1 is 1.28 bits per heavy atom. The van der Waals surface area contributed by atoms with Crippen molar-refractivity contribution in [3.63, 3.8) is 0 Å². The highest BCUT2D eigenvalue weighted by Gasteiger charge is 2.61.